The van der Waals surface area contributed by atoms with Gasteiger partial charge in [0, 0.05) is 16.8 Å². The van der Waals surface area contributed by atoms with Gasteiger partial charge in [-0.3, -0.25) is 0 Å². The molecule has 1 saturated carbocycles. The molecule has 1 aliphatic carbocycles. The molecule has 6 nitrogen and oxygen atoms in total. The summed E-state index contributed by atoms with van der Waals surface area (Å²) in [6, 6.07) is 20.0. The van der Waals surface area contributed by atoms with Crippen LogP contribution < -0.4 is 14.0 Å². The lowest BCUT2D eigenvalue weighted by atomic mass is 9.67. The second-order valence-electron chi connectivity index (χ2n) is 9.84. The molecular weight excluding hydrogens is 475 g/mol. The zero-order chi connectivity index (χ0) is 25.9. The Morgan fingerprint density at radius 3 is 2.63 bits per heavy atom. The van der Waals surface area contributed by atoms with Gasteiger partial charge in [0.05, 0.1) is 37.4 Å². The van der Waals surface area contributed by atoms with Crippen molar-refractivity contribution in [2.75, 3.05) is 7.11 Å². The zero-order valence-corrected chi connectivity index (χ0v) is 21.4. The number of carbonyl (C=O) groups is 1. The van der Waals surface area contributed by atoms with Gasteiger partial charge in [-0.1, -0.05) is 30.6 Å². The highest BCUT2D eigenvalue weighted by molar-refractivity contribution is 6.66. The molecule has 6 rings (SSSR count). The molecule has 38 heavy (non-hydrogen) atoms. The Morgan fingerprint density at radius 1 is 1.05 bits per heavy atom. The largest absolute Gasteiger partial charge is 0.496 e. The number of rotatable bonds is 8. The van der Waals surface area contributed by atoms with Crippen LogP contribution in [0, 0.1) is 5.92 Å². The Balaban J connectivity index is 1.44. The fraction of sp³-hybridized carbons (Fsp3) is 0.258. The van der Waals surface area contributed by atoms with Crippen molar-refractivity contribution in [1.29, 1.82) is 0 Å². The summed E-state index contributed by atoms with van der Waals surface area (Å²) in [6.45, 7) is 0. The van der Waals surface area contributed by atoms with Crippen molar-refractivity contribution in [3.8, 4) is 28.6 Å². The first-order valence-corrected chi connectivity index (χ1v) is 13.1. The standard InChI is InChI=1S/C31H29BN2O4/c1-36-29-17-24(37-23-11-9-21(10-12-23)18-32-20-35)16-25-26(28-15-22-7-3-4-8-27(22)38-28)19-33-31(30(25)29)34-13-5-2-6-14-34/h2-8,13-17,19-21,23H,9-12,18H2,1H3/q+1. The third kappa shape index (κ3) is 4.76. The predicted molar refractivity (Wildman–Crippen MR) is 149 cm³/mol. The fourth-order valence-electron chi connectivity index (χ4n) is 5.49. The maximum Gasteiger partial charge on any atom is 0.339 e. The third-order valence-electron chi connectivity index (χ3n) is 7.44. The van der Waals surface area contributed by atoms with E-state index in [1.807, 2.05) is 71.7 Å². The first-order valence-electron chi connectivity index (χ1n) is 13.1. The molecular formula is C31H29BN2O4+. The highest BCUT2D eigenvalue weighted by Gasteiger charge is 2.26. The lowest BCUT2D eigenvalue weighted by Crippen LogP contribution is -2.31. The zero-order valence-electron chi connectivity index (χ0n) is 21.4. The number of nitrogens with zero attached hydrogens (tertiary/aromatic N) is 2. The Bertz CT molecular complexity index is 1540. The van der Waals surface area contributed by atoms with E-state index < -0.39 is 0 Å². The van der Waals surface area contributed by atoms with Crippen molar-refractivity contribution in [2.24, 2.45) is 5.92 Å². The number of ether oxygens (including phenoxy) is 2. The van der Waals surface area contributed by atoms with E-state index in [0.717, 1.165) is 82.8 Å². The predicted octanol–water partition coefficient (Wildman–Crippen LogP) is 6.18. The highest BCUT2D eigenvalue weighted by Crippen LogP contribution is 2.41. The van der Waals surface area contributed by atoms with Crippen molar-refractivity contribution in [1.82, 2.24) is 4.98 Å². The van der Waals surface area contributed by atoms with Gasteiger partial charge in [-0.15, -0.1) is 0 Å². The minimum absolute atomic E-state index is 0.129. The van der Waals surface area contributed by atoms with Crippen LogP contribution in [0.4, 0.5) is 0 Å². The summed E-state index contributed by atoms with van der Waals surface area (Å²) in [5, 5.41) is 2.89. The SMILES string of the molecule is COc1cc(OC2CCC(C[B]C=O)CC2)cc2c(-c3cc4ccccc4o3)cnc(-[n+]3ccccc3)c12. The summed E-state index contributed by atoms with van der Waals surface area (Å²) in [5.74, 6) is 3.55. The van der Waals surface area contributed by atoms with E-state index in [2.05, 4.69) is 12.1 Å². The normalized spacial score (nSPS) is 17.4. The van der Waals surface area contributed by atoms with E-state index in [-0.39, 0.29) is 6.10 Å². The maximum atomic E-state index is 10.7. The molecule has 0 atom stereocenters. The topological polar surface area (TPSA) is 65.4 Å². The second-order valence-corrected chi connectivity index (χ2v) is 9.84. The summed E-state index contributed by atoms with van der Waals surface area (Å²) in [5.41, 5.74) is 1.72. The van der Waals surface area contributed by atoms with E-state index in [0.29, 0.717) is 11.7 Å². The molecule has 1 aliphatic rings. The van der Waals surface area contributed by atoms with Crippen molar-refractivity contribution in [3.63, 3.8) is 0 Å². The van der Waals surface area contributed by atoms with E-state index in [9.17, 15) is 4.79 Å². The summed E-state index contributed by atoms with van der Waals surface area (Å²) in [4.78, 5) is 15.6. The highest BCUT2D eigenvalue weighted by atomic mass is 16.5. The first-order chi connectivity index (χ1) is 18.7. The average molecular weight is 504 g/mol. The lowest BCUT2D eigenvalue weighted by molar-refractivity contribution is -0.598. The molecule has 3 aromatic heterocycles. The molecule has 2 aromatic carbocycles. The number of benzene rings is 2. The number of hydrogen-bond donors (Lipinski definition) is 0. The molecule has 189 valence electrons. The van der Waals surface area contributed by atoms with Gasteiger partial charge in [0.15, 0.2) is 13.5 Å². The van der Waals surface area contributed by atoms with Crippen molar-refractivity contribution < 1.29 is 23.3 Å². The Kier molecular flexibility index (Phi) is 6.82. The molecule has 0 aliphatic heterocycles. The van der Waals surface area contributed by atoms with Gasteiger partial charge >= 0.3 is 5.82 Å². The van der Waals surface area contributed by atoms with Crippen LogP contribution in [0.3, 0.4) is 0 Å². The van der Waals surface area contributed by atoms with E-state index in [1.54, 1.807) is 14.4 Å². The fourth-order valence-corrected chi connectivity index (χ4v) is 5.49. The van der Waals surface area contributed by atoms with Crippen LogP contribution in [0.2, 0.25) is 6.32 Å². The van der Waals surface area contributed by atoms with Crippen LogP contribution in [0.25, 0.3) is 38.9 Å². The van der Waals surface area contributed by atoms with Gasteiger partial charge in [-0.25, -0.2) is 4.57 Å². The smallest absolute Gasteiger partial charge is 0.339 e. The number of aromatic nitrogens is 2. The second kappa shape index (κ2) is 10.7. The van der Waals surface area contributed by atoms with Crippen LogP contribution in [0.5, 0.6) is 11.5 Å². The number of hydrogen-bond acceptors (Lipinski definition) is 5. The number of para-hydroxylation sites is 1. The molecule has 0 amide bonds. The summed E-state index contributed by atoms with van der Waals surface area (Å²) < 4.78 is 20.7. The number of pyridine rings is 2. The molecule has 5 aromatic rings. The van der Waals surface area contributed by atoms with Crippen molar-refractivity contribution in [3.05, 3.63) is 79.3 Å². The molecule has 3 heterocycles. The van der Waals surface area contributed by atoms with Crippen LogP contribution in [-0.4, -0.2) is 31.7 Å². The monoisotopic (exact) mass is 504 g/mol. The molecule has 1 radical (unpaired) electrons. The maximum absolute atomic E-state index is 10.7. The summed E-state index contributed by atoms with van der Waals surface area (Å²) in [6.07, 6.45) is 11.8. The molecule has 0 saturated heterocycles. The van der Waals surface area contributed by atoms with Crippen LogP contribution in [0.15, 0.2) is 83.7 Å². The van der Waals surface area contributed by atoms with Crippen LogP contribution in [-0.2, 0) is 4.79 Å². The van der Waals surface area contributed by atoms with Crippen molar-refractivity contribution in [2.45, 2.75) is 38.1 Å². The van der Waals surface area contributed by atoms with Gasteiger partial charge in [-0.2, -0.15) is 0 Å². The molecule has 0 spiro atoms. The van der Waals surface area contributed by atoms with Gasteiger partial charge < -0.3 is 18.7 Å². The van der Waals surface area contributed by atoms with Gasteiger partial charge in [0.2, 0.25) is 0 Å². The average Bonchev–Trinajstić information content (AvgIpc) is 3.40. The van der Waals surface area contributed by atoms with Gasteiger partial charge in [0.1, 0.15) is 28.2 Å². The minimum Gasteiger partial charge on any atom is -0.496 e. The summed E-state index contributed by atoms with van der Waals surface area (Å²) >= 11 is 0. The Morgan fingerprint density at radius 2 is 1.87 bits per heavy atom. The third-order valence-corrected chi connectivity index (χ3v) is 7.44. The van der Waals surface area contributed by atoms with Gasteiger partial charge in [0.25, 0.3) is 0 Å². The van der Waals surface area contributed by atoms with Crippen molar-refractivity contribution >= 4 is 35.2 Å². The summed E-state index contributed by atoms with van der Waals surface area (Å²) in [7, 11) is 3.41. The Labute approximate surface area is 222 Å². The first kappa shape index (κ1) is 24.2. The van der Waals surface area contributed by atoms with E-state index in [1.165, 1.54) is 0 Å². The molecule has 0 bridgehead atoms. The quantitative estimate of drug-likeness (QED) is 0.143. The van der Waals surface area contributed by atoms with E-state index in [4.69, 9.17) is 18.9 Å². The Hall–Kier alpha value is -4.13. The number of methoxy groups -OCH3 is 1. The molecule has 0 unspecified atom stereocenters. The number of carbonyl (C=O) groups excluding carboxylic acids is 1. The van der Waals surface area contributed by atoms with Crippen LogP contribution in [0.1, 0.15) is 25.7 Å². The van der Waals surface area contributed by atoms with E-state index >= 15 is 0 Å². The van der Waals surface area contributed by atoms with Crippen LogP contribution >= 0.6 is 0 Å². The molecule has 1 fully saturated rings. The van der Waals surface area contributed by atoms with Gasteiger partial charge in [-0.05, 0) is 66.9 Å². The lowest BCUT2D eigenvalue weighted by Gasteiger charge is -2.29. The number of furan rings is 1. The minimum atomic E-state index is 0.129. The molecule has 0 N–H and O–H groups in total. The number of fused-ring (bicyclic) bond motifs is 2. The molecule has 7 heteroatoms.